The Kier molecular flexibility index (Phi) is 2.98. The average Bonchev–Trinajstić information content (AvgIpc) is 2.89. The van der Waals surface area contributed by atoms with Crippen molar-refractivity contribution < 1.29 is 4.39 Å². The second-order valence-corrected chi connectivity index (χ2v) is 4.18. The Morgan fingerprint density at radius 3 is 2.79 bits per heavy atom. The number of anilines is 1. The molecule has 0 spiro atoms. The van der Waals surface area contributed by atoms with E-state index in [1.165, 1.54) is 6.07 Å². The molecule has 0 atom stereocenters. The van der Waals surface area contributed by atoms with Gasteiger partial charge in [0.15, 0.2) is 0 Å². The Morgan fingerprint density at radius 2 is 1.95 bits per heavy atom. The number of hydrogen-bond donors (Lipinski definition) is 2. The van der Waals surface area contributed by atoms with Crippen LogP contribution in [0, 0.1) is 5.82 Å². The van der Waals surface area contributed by atoms with Crippen LogP contribution in [0.15, 0.2) is 59.8 Å². The van der Waals surface area contributed by atoms with E-state index < -0.39 is 0 Å². The summed E-state index contributed by atoms with van der Waals surface area (Å²) < 4.78 is 13.7. The summed E-state index contributed by atoms with van der Waals surface area (Å²) in [6.07, 6.45) is 3.32. The van der Waals surface area contributed by atoms with Gasteiger partial charge in [0, 0.05) is 11.6 Å². The zero-order chi connectivity index (χ0) is 13.1. The molecule has 1 heterocycles. The maximum Gasteiger partial charge on any atom is 0.147 e. The van der Waals surface area contributed by atoms with Gasteiger partial charge >= 0.3 is 0 Å². The first-order valence-electron chi connectivity index (χ1n) is 5.94. The molecule has 0 radical (unpaired) electrons. The molecule has 0 bridgehead atoms. The fraction of sp³-hybridized carbons (Fsp3) is 0. The van der Waals surface area contributed by atoms with Crippen molar-refractivity contribution in [3.63, 3.8) is 0 Å². The van der Waals surface area contributed by atoms with Crippen LogP contribution in [0.5, 0.6) is 0 Å². The molecule has 0 fully saturated rings. The van der Waals surface area contributed by atoms with E-state index in [-0.39, 0.29) is 5.82 Å². The van der Waals surface area contributed by atoms with Crippen molar-refractivity contribution in [2.45, 2.75) is 0 Å². The van der Waals surface area contributed by atoms with Crippen molar-refractivity contribution in [2.24, 2.45) is 5.10 Å². The molecule has 94 valence electrons. The first-order valence-corrected chi connectivity index (χ1v) is 5.94. The van der Waals surface area contributed by atoms with Gasteiger partial charge in [-0.1, -0.05) is 18.2 Å². The van der Waals surface area contributed by atoms with Crippen molar-refractivity contribution in [1.82, 2.24) is 4.98 Å². The van der Waals surface area contributed by atoms with Crippen LogP contribution in [0.25, 0.3) is 10.9 Å². The number of H-pyrrole nitrogens is 1. The summed E-state index contributed by atoms with van der Waals surface area (Å²) in [5.74, 6) is -0.274. The lowest BCUT2D eigenvalue weighted by atomic mass is 10.1. The molecule has 2 N–H and O–H groups in total. The molecule has 0 amide bonds. The lowest BCUT2D eigenvalue weighted by molar-refractivity contribution is 0.637. The number of hydrogen-bond acceptors (Lipinski definition) is 2. The van der Waals surface area contributed by atoms with Crippen molar-refractivity contribution in [3.05, 3.63) is 66.1 Å². The van der Waals surface area contributed by atoms with Crippen LogP contribution in [0.4, 0.5) is 10.1 Å². The van der Waals surface area contributed by atoms with Crippen molar-refractivity contribution in [2.75, 3.05) is 5.43 Å². The topological polar surface area (TPSA) is 40.2 Å². The number of nitrogens with zero attached hydrogens (tertiary/aromatic N) is 1. The first-order chi connectivity index (χ1) is 9.33. The number of fused-ring (bicyclic) bond motifs is 1. The number of aromatic amines is 1. The Bertz CT molecular complexity index is 717. The van der Waals surface area contributed by atoms with Crippen molar-refractivity contribution in [1.29, 1.82) is 0 Å². The number of hydrazone groups is 1. The Labute approximate surface area is 109 Å². The molecule has 0 aliphatic carbocycles. The van der Waals surface area contributed by atoms with Gasteiger partial charge in [-0.2, -0.15) is 5.10 Å². The number of para-hydroxylation sites is 1. The third-order valence-electron chi connectivity index (χ3n) is 2.81. The largest absolute Gasteiger partial charge is 0.359 e. The molecule has 3 rings (SSSR count). The molecular weight excluding hydrogens is 241 g/mol. The van der Waals surface area contributed by atoms with Gasteiger partial charge in [-0.05, 0) is 35.9 Å². The van der Waals surface area contributed by atoms with Gasteiger partial charge in [0.2, 0.25) is 0 Å². The molecule has 3 aromatic rings. The number of nitrogens with one attached hydrogen (secondary N) is 2. The Balaban J connectivity index is 1.81. The zero-order valence-electron chi connectivity index (χ0n) is 10.1. The fourth-order valence-electron chi connectivity index (χ4n) is 1.92. The fourth-order valence-corrected chi connectivity index (χ4v) is 1.92. The molecule has 0 aliphatic rings. The molecular formula is C15H12FN3. The first kappa shape index (κ1) is 11.5. The molecule has 19 heavy (non-hydrogen) atoms. The summed E-state index contributed by atoms with van der Waals surface area (Å²) in [6.45, 7) is 0. The summed E-state index contributed by atoms with van der Waals surface area (Å²) in [5.41, 5.74) is 5.02. The zero-order valence-corrected chi connectivity index (χ0v) is 10.1. The van der Waals surface area contributed by atoms with Crippen molar-refractivity contribution >= 4 is 22.8 Å². The molecule has 0 saturated heterocycles. The highest BCUT2D eigenvalue weighted by Gasteiger charge is 2.02. The van der Waals surface area contributed by atoms with Crippen LogP contribution in [0.2, 0.25) is 0 Å². The monoisotopic (exact) mass is 253 g/mol. The number of aromatic nitrogens is 1. The average molecular weight is 253 g/mol. The number of rotatable bonds is 3. The molecule has 1 aromatic heterocycles. The van der Waals surface area contributed by atoms with E-state index in [4.69, 9.17) is 0 Å². The minimum absolute atomic E-state index is 0.274. The van der Waals surface area contributed by atoms with Gasteiger partial charge in [-0.15, -0.1) is 0 Å². The molecule has 0 aliphatic heterocycles. The number of benzene rings is 2. The van der Waals surface area contributed by atoms with Gasteiger partial charge in [0.1, 0.15) is 5.82 Å². The quantitative estimate of drug-likeness (QED) is 0.541. The van der Waals surface area contributed by atoms with Gasteiger partial charge in [-0.3, -0.25) is 5.43 Å². The highest BCUT2D eigenvalue weighted by Crippen LogP contribution is 2.17. The molecule has 4 heteroatoms. The maximum absolute atomic E-state index is 13.7. The summed E-state index contributed by atoms with van der Waals surface area (Å²) in [4.78, 5) is 2.86. The molecule has 0 unspecified atom stereocenters. The summed E-state index contributed by atoms with van der Waals surface area (Å²) in [5, 5.41) is 4.93. The Morgan fingerprint density at radius 1 is 1.11 bits per heavy atom. The van der Waals surface area contributed by atoms with E-state index in [9.17, 15) is 4.39 Å². The normalized spacial score (nSPS) is 11.2. The molecule has 0 saturated carbocycles. The second kappa shape index (κ2) is 4.94. The van der Waals surface area contributed by atoms with Crippen LogP contribution in [0.1, 0.15) is 5.56 Å². The van der Waals surface area contributed by atoms with Crippen LogP contribution >= 0.6 is 0 Å². The van der Waals surface area contributed by atoms with Crippen LogP contribution in [-0.2, 0) is 0 Å². The number of halogens is 1. The van der Waals surface area contributed by atoms with Crippen LogP contribution in [-0.4, -0.2) is 11.2 Å². The van der Waals surface area contributed by atoms with Gasteiger partial charge in [0.05, 0.1) is 17.4 Å². The highest BCUT2D eigenvalue weighted by atomic mass is 19.1. The smallest absolute Gasteiger partial charge is 0.147 e. The van der Waals surface area contributed by atoms with E-state index in [2.05, 4.69) is 15.5 Å². The van der Waals surface area contributed by atoms with Gasteiger partial charge in [-0.25, -0.2) is 4.39 Å². The standard InChI is InChI=1S/C15H12FN3/c16-14-9-11(8-12-6-7-17-15(12)14)10-18-19-13-4-2-1-3-5-13/h1-10,17,19H. The summed E-state index contributed by atoms with van der Waals surface area (Å²) in [7, 11) is 0. The third kappa shape index (κ3) is 2.47. The lowest BCUT2D eigenvalue weighted by Gasteiger charge is -1.99. The van der Waals surface area contributed by atoms with E-state index in [0.29, 0.717) is 11.1 Å². The second-order valence-electron chi connectivity index (χ2n) is 4.18. The Hall–Kier alpha value is -2.62. The minimum atomic E-state index is -0.274. The van der Waals surface area contributed by atoms with E-state index in [0.717, 1.165) is 11.1 Å². The van der Waals surface area contributed by atoms with E-state index in [1.54, 1.807) is 12.4 Å². The van der Waals surface area contributed by atoms with Crippen LogP contribution in [0.3, 0.4) is 0 Å². The lowest BCUT2D eigenvalue weighted by Crippen LogP contribution is -1.91. The molecule has 3 nitrogen and oxygen atoms in total. The molecule has 2 aromatic carbocycles. The highest BCUT2D eigenvalue weighted by molar-refractivity contribution is 5.89. The summed E-state index contributed by atoms with van der Waals surface area (Å²) >= 11 is 0. The SMILES string of the molecule is Fc1cc(C=NNc2ccccc2)cc2cc[nH]c12. The van der Waals surface area contributed by atoms with Gasteiger partial charge in [0.25, 0.3) is 0 Å². The minimum Gasteiger partial charge on any atom is -0.359 e. The maximum atomic E-state index is 13.7. The third-order valence-corrected chi connectivity index (χ3v) is 2.81. The predicted octanol–water partition coefficient (Wildman–Crippen LogP) is 3.75. The summed E-state index contributed by atoms with van der Waals surface area (Å²) in [6, 6.07) is 14.8. The van der Waals surface area contributed by atoms with Crippen molar-refractivity contribution in [3.8, 4) is 0 Å². The van der Waals surface area contributed by atoms with E-state index >= 15 is 0 Å². The van der Waals surface area contributed by atoms with E-state index in [1.807, 2.05) is 42.5 Å². The predicted molar refractivity (Wildman–Crippen MR) is 75.9 cm³/mol. The van der Waals surface area contributed by atoms with Gasteiger partial charge < -0.3 is 4.98 Å². The van der Waals surface area contributed by atoms with Crippen LogP contribution < -0.4 is 5.43 Å².